The molecule has 2 aromatic heterocycles. The van der Waals surface area contributed by atoms with Gasteiger partial charge in [0.25, 0.3) is 6.43 Å². The Morgan fingerprint density at radius 1 is 0.895 bits per heavy atom. The first-order valence-corrected chi connectivity index (χ1v) is 13.9. The number of halogens is 2. The highest BCUT2D eigenvalue weighted by Crippen LogP contribution is 2.30. The topological polar surface area (TPSA) is 68.5 Å². The fourth-order valence-electron chi connectivity index (χ4n) is 6.11. The molecule has 3 aromatic rings. The summed E-state index contributed by atoms with van der Waals surface area (Å²) in [4.78, 5) is 18.7. The number of morpholine rings is 1. The molecule has 0 saturated carbocycles. The molecule has 3 aliphatic rings. The highest BCUT2D eigenvalue weighted by Gasteiger charge is 2.29. The van der Waals surface area contributed by atoms with Crippen LogP contribution in [0.1, 0.15) is 50.2 Å². The van der Waals surface area contributed by atoms with Gasteiger partial charge in [-0.1, -0.05) is 12.1 Å². The first-order valence-electron chi connectivity index (χ1n) is 13.9. The molecule has 0 radical (unpaired) electrons. The maximum absolute atomic E-state index is 14.1. The number of anilines is 1. The molecule has 1 unspecified atom stereocenters. The largest absolute Gasteiger partial charge is 0.381 e. The van der Waals surface area contributed by atoms with E-state index in [9.17, 15) is 8.78 Å². The zero-order valence-electron chi connectivity index (χ0n) is 21.8. The lowest BCUT2D eigenvalue weighted by molar-refractivity contribution is 0.0410. The molecule has 5 heterocycles. The fraction of sp³-hybridized carbons (Fsp3) is 0.607. The molecule has 3 saturated heterocycles. The molecule has 10 heteroatoms. The standard InChI is InChI=1S/C28H36F2N6O2/c29-27(30)28-31-22-5-1-2-6-23(22)36(28)26-18-25(34-12-16-38-17-13-34)32-24(33-26)7-3-4-20-8-11-35(19-20)21-9-14-37-15-10-21/h1-2,5-6,18,20-21,27H,3-4,7-17,19H2. The summed E-state index contributed by atoms with van der Waals surface area (Å²) in [6, 6.07) is 9.71. The molecule has 3 fully saturated rings. The lowest BCUT2D eigenvalue weighted by Crippen LogP contribution is -2.37. The van der Waals surface area contributed by atoms with Gasteiger partial charge in [0.15, 0.2) is 5.82 Å². The molecular formula is C28H36F2N6O2. The molecule has 38 heavy (non-hydrogen) atoms. The van der Waals surface area contributed by atoms with Gasteiger partial charge >= 0.3 is 0 Å². The van der Waals surface area contributed by atoms with Crippen LogP contribution in [-0.2, 0) is 15.9 Å². The van der Waals surface area contributed by atoms with Crippen molar-refractivity contribution in [1.82, 2.24) is 24.4 Å². The van der Waals surface area contributed by atoms with Gasteiger partial charge in [0.1, 0.15) is 17.5 Å². The monoisotopic (exact) mass is 526 g/mol. The van der Waals surface area contributed by atoms with Crippen LogP contribution in [0.25, 0.3) is 16.9 Å². The van der Waals surface area contributed by atoms with Gasteiger partial charge < -0.3 is 14.4 Å². The van der Waals surface area contributed by atoms with E-state index in [1.54, 1.807) is 6.07 Å². The maximum Gasteiger partial charge on any atom is 0.296 e. The van der Waals surface area contributed by atoms with Crippen LogP contribution in [-0.4, -0.2) is 83.1 Å². The van der Waals surface area contributed by atoms with Crippen LogP contribution in [0.4, 0.5) is 14.6 Å². The van der Waals surface area contributed by atoms with Crippen LogP contribution in [0.5, 0.6) is 0 Å². The van der Waals surface area contributed by atoms with Crippen molar-refractivity contribution in [3.8, 4) is 5.82 Å². The van der Waals surface area contributed by atoms with E-state index in [1.165, 1.54) is 17.5 Å². The second-order valence-electron chi connectivity index (χ2n) is 10.6. The highest BCUT2D eigenvalue weighted by atomic mass is 19.3. The maximum atomic E-state index is 14.1. The molecule has 0 bridgehead atoms. The summed E-state index contributed by atoms with van der Waals surface area (Å²) in [6.07, 6.45) is 3.61. The third-order valence-electron chi connectivity index (χ3n) is 8.13. The summed E-state index contributed by atoms with van der Waals surface area (Å²) in [5.41, 5.74) is 1.16. The van der Waals surface area contributed by atoms with Gasteiger partial charge in [-0.2, -0.15) is 0 Å². The van der Waals surface area contributed by atoms with E-state index in [0.717, 1.165) is 57.7 Å². The average molecular weight is 527 g/mol. The Hall–Kier alpha value is -2.69. The van der Waals surface area contributed by atoms with E-state index >= 15 is 0 Å². The van der Waals surface area contributed by atoms with Crippen molar-refractivity contribution in [2.45, 2.75) is 51.0 Å². The van der Waals surface area contributed by atoms with Gasteiger partial charge in [0.2, 0.25) is 0 Å². The predicted molar refractivity (Wildman–Crippen MR) is 141 cm³/mol. The summed E-state index contributed by atoms with van der Waals surface area (Å²) >= 11 is 0. The summed E-state index contributed by atoms with van der Waals surface area (Å²) in [6.45, 7) is 6.76. The summed E-state index contributed by atoms with van der Waals surface area (Å²) in [7, 11) is 0. The number of hydrogen-bond acceptors (Lipinski definition) is 7. The lowest BCUT2D eigenvalue weighted by atomic mass is 10.0. The number of nitrogens with zero attached hydrogens (tertiary/aromatic N) is 6. The van der Waals surface area contributed by atoms with Crippen LogP contribution in [0, 0.1) is 5.92 Å². The lowest BCUT2D eigenvalue weighted by Gasteiger charge is -2.31. The minimum atomic E-state index is -2.71. The quantitative estimate of drug-likeness (QED) is 0.431. The van der Waals surface area contributed by atoms with Gasteiger partial charge in [0, 0.05) is 51.4 Å². The van der Waals surface area contributed by atoms with Crippen molar-refractivity contribution >= 4 is 16.9 Å². The molecule has 3 aliphatic heterocycles. The van der Waals surface area contributed by atoms with Crippen molar-refractivity contribution in [2.24, 2.45) is 5.92 Å². The van der Waals surface area contributed by atoms with Crippen molar-refractivity contribution in [1.29, 1.82) is 0 Å². The van der Waals surface area contributed by atoms with Crippen molar-refractivity contribution in [3.05, 3.63) is 42.0 Å². The first kappa shape index (κ1) is 25.6. The SMILES string of the molecule is FC(F)c1nc2ccccc2n1-c1cc(N2CCOCC2)nc(CCCC2CCN(C3CCOCC3)C2)n1. The van der Waals surface area contributed by atoms with E-state index in [0.29, 0.717) is 60.9 Å². The Bertz CT molecular complexity index is 1230. The smallest absolute Gasteiger partial charge is 0.296 e. The Morgan fingerprint density at radius 3 is 2.47 bits per heavy atom. The van der Waals surface area contributed by atoms with Crippen molar-refractivity contribution < 1.29 is 18.3 Å². The second kappa shape index (κ2) is 11.6. The third kappa shape index (κ3) is 5.53. The summed E-state index contributed by atoms with van der Waals surface area (Å²) in [5.74, 6) is 2.30. The Morgan fingerprint density at radius 2 is 1.66 bits per heavy atom. The molecule has 0 spiro atoms. The first-order chi connectivity index (χ1) is 18.7. The summed E-state index contributed by atoms with van der Waals surface area (Å²) < 4.78 is 40.7. The Kier molecular flexibility index (Phi) is 7.80. The molecule has 0 amide bonds. The molecule has 1 atom stereocenters. The van der Waals surface area contributed by atoms with Gasteiger partial charge in [-0.3, -0.25) is 9.47 Å². The van der Waals surface area contributed by atoms with Crippen molar-refractivity contribution in [3.63, 3.8) is 0 Å². The van der Waals surface area contributed by atoms with E-state index in [-0.39, 0.29) is 5.82 Å². The number of imidazole rings is 1. The molecule has 6 rings (SSSR count). The molecule has 204 valence electrons. The van der Waals surface area contributed by atoms with Crippen LogP contribution in [0.2, 0.25) is 0 Å². The number of aryl methyl sites for hydroxylation is 1. The fourth-order valence-corrected chi connectivity index (χ4v) is 6.11. The third-order valence-corrected chi connectivity index (χ3v) is 8.13. The number of fused-ring (bicyclic) bond motifs is 1. The van der Waals surface area contributed by atoms with Crippen LogP contribution >= 0.6 is 0 Å². The van der Waals surface area contributed by atoms with E-state index in [2.05, 4.69) is 14.8 Å². The number of likely N-dealkylation sites (tertiary alicyclic amines) is 1. The molecular weight excluding hydrogens is 490 g/mol. The molecule has 8 nitrogen and oxygen atoms in total. The summed E-state index contributed by atoms with van der Waals surface area (Å²) in [5, 5.41) is 0. The predicted octanol–water partition coefficient (Wildman–Crippen LogP) is 4.41. The second-order valence-corrected chi connectivity index (χ2v) is 10.6. The number of benzene rings is 1. The minimum Gasteiger partial charge on any atom is -0.381 e. The van der Waals surface area contributed by atoms with E-state index in [1.807, 2.05) is 24.3 Å². The average Bonchev–Trinajstić information content (AvgIpc) is 3.59. The van der Waals surface area contributed by atoms with Crippen molar-refractivity contribution in [2.75, 3.05) is 57.5 Å². The van der Waals surface area contributed by atoms with Gasteiger partial charge in [-0.25, -0.2) is 23.7 Å². The highest BCUT2D eigenvalue weighted by molar-refractivity contribution is 5.78. The molecule has 0 N–H and O–H groups in total. The number of rotatable bonds is 8. The Labute approximate surface area is 222 Å². The van der Waals surface area contributed by atoms with Gasteiger partial charge in [-0.15, -0.1) is 0 Å². The number of aromatic nitrogens is 4. The van der Waals surface area contributed by atoms with Gasteiger partial charge in [-0.05, 0) is 56.7 Å². The zero-order valence-corrected chi connectivity index (χ0v) is 21.8. The molecule has 1 aromatic carbocycles. The number of ether oxygens (including phenoxy) is 2. The van der Waals surface area contributed by atoms with E-state index in [4.69, 9.17) is 19.4 Å². The normalized spacial score (nSPS) is 21.7. The van der Waals surface area contributed by atoms with Gasteiger partial charge in [0.05, 0.1) is 24.2 Å². The minimum absolute atomic E-state index is 0.289. The van der Waals surface area contributed by atoms with Crippen LogP contribution in [0.3, 0.4) is 0 Å². The zero-order chi connectivity index (χ0) is 25.9. The Balaban J connectivity index is 1.22. The molecule has 0 aliphatic carbocycles. The number of alkyl halides is 2. The van der Waals surface area contributed by atoms with E-state index < -0.39 is 6.43 Å². The number of para-hydroxylation sites is 2. The number of hydrogen-bond donors (Lipinski definition) is 0. The van der Waals surface area contributed by atoms with Crippen LogP contribution in [0.15, 0.2) is 30.3 Å². The van der Waals surface area contributed by atoms with Crippen LogP contribution < -0.4 is 4.90 Å².